The van der Waals surface area contributed by atoms with Gasteiger partial charge >= 0.3 is 0 Å². The Kier molecular flexibility index (Phi) is 3.02. The zero-order valence-electron chi connectivity index (χ0n) is 8.05. The van der Waals surface area contributed by atoms with Gasteiger partial charge in [-0.2, -0.15) is 5.10 Å². The van der Waals surface area contributed by atoms with Gasteiger partial charge in [-0.25, -0.2) is 0 Å². The Bertz CT molecular complexity index is 485. The van der Waals surface area contributed by atoms with Crippen LogP contribution in [0.15, 0.2) is 30.3 Å². The lowest BCUT2D eigenvalue weighted by atomic mass is 10.1. The van der Waals surface area contributed by atoms with Crippen LogP contribution in [0, 0.1) is 0 Å². The van der Waals surface area contributed by atoms with Crippen LogP contribution in [0.5, 0.6) is 0 Å². The highest BCUT2D eigenvalue weighted by Gasteiger charge is 2.22. The van der Waals surface area contributed by atoms with Crippen molar-refractivity contribution < 1.29 is 0 Å². The van der Waals surface area contributed by atoms with Crippen molar-refractivity contribution in [1.82, 2.24) is 10.2 Å². The second kappa shape index (κ2) is 4.17. The van der Waals surface area contributed by atoms with Crippen LogP contribution in [-0.2, 0) is 3.79 Å². The van der Waals surface area contributed by atoms with Gasteiger partial charge in [-0.1, -0.05) is 59.1 Å². The minimum Gasteiger partial charge on any atom is -0.382 e. The Morgan fingerprint density at radius 1 is 1.12 bits per heavy atom. The summed E-state index contributed by atoms with van der Waals surface area (Å²) in [5, 5.41) is 6.64. The number of aromatic amines is 1. The van der Waals surface area contributed by atoms with Gasteiger partial charge in [0.25, 0.3) is 0 Å². The van der Waals surface area contributed by atoms with E-state index >= 15 is 0 Å². The molecule has 0 amide bonds. The molecule has 0 atom stereocenters. The van der Waals surface area contributed by atoms with E-state index < -0.39 is 3.79 Å². The van der Waals surface area contributed by atoms with Gasteiger partial charge in [0, 0.05) is 11.6 Å². The standard InChI is InChI=1S/C10H8Cl3N3/c11-10(12,13)7-3-1-6(2-4-7)8-5-9(14)16-15-8/h1-5H,(H3,14,15,16). The molecule has 2 aromatic rings. The summed E-state index contributed by atoms with van der Waals surface area (Å²) < 4.78 is -1.40. The summed E-state index contributed by atoms with van der Waals surface area (Å²) >= 11 is 17.3. The average molecular weight is 277 g/mol. The average Bonchev–Trinajstić information content (AvgIpc) is 2.64. The maximum atomic E-state index is 5.75. The number of hydrogen-bond donors (Lipinski definition) is 2. The Hall–Kier alpha value is -0.900. The van der Waals surface area contributed by atoms with Crippen molar-refractivity contribution in [1.29, 1.82) is 0 Å². The maximum absolute atomic E-state index is 5.75. The smallest absolute Gasteiger partial charge is 0.216 e. The van der Waals surface area contributed by atoms with Crippen molar-refractivity contribution in [3.63, 3.8) is 0 Å². The van der Waals surface area contributed by atoms with E-state index in [9.17, 15) is 0 Å². The minimum atomic E-state index is -1.40. The Morgan fingerprint density at radius 3 is 2.19 bits per heavy atom. The molecule has 0 aliphatic rings. The molecule has 3 nitrogen and oxygen atoms in total. The van der Waals surface area contributed by atoms with E-state index in [1.165, 1.54) is 0 Å². The zero-order chi connectivity index (χ0) is 11.8. The molecule has 1 aromatic carbocycles. The predicted octanol–water partition coefficient (Wildman–Crippen LogP) is 3.49. The topological polar surface area (TPSA) is 54.7 Å². The van der Waals surface area contributed by atoms with E-state index in [2.05, 4.69) is 10.2 Å². The van der Waals surface area contributed by atoms with Crippen LogP contribution in [-0.4, -0.2) is 10.2 Å². The molecular weight excluding hydrogens is 268 g/mol. The summed E-state index contributed by atoms with van der Waals surface area (Å²) in [7, 11) is 0. The fourth-order valence-corrected chi connectivity index (χ4v) is 1.70. The van der Waals surface area contributed by atoms with Crippen LogP contribution in [0.25, 0.3) is 11.3 Å². The second-order valence-electron chi connectivity index (χ2n) is 3.28. The Morgan fingerprint density at radius 2 is 1.75 bits per heavy atom. The molecule has 0 aliphatic heterocycles. The third kappa shape index (κ3) is 2.43. The van der Waals surface area contributed by atoms with Gasteiger partial charge in [0.1, 0.15) is 5.82 Å². The number of nitrogens with one attached hydrogen (secondary N) is 1. The largest absolute Gasteiger partial charge is 0.382 e. The molecule has 0 spiro atoms. The van der Waals surface area contributed by atoms with Crippen LogP contribution in [0.1, 0.15) is 5.56 Å². The molecule has 16 heavy (non-hydrogen) atoms. The molecule has 0 fully saturated rings. The Labute approximate surface area is 108 Å². The first-order chi connectivity index (χ1) is 7.47. The Balaban J connectivity index is 2.33. The van der Waals surface area contributed by atoms with Gasteiger partial charge < -0.3 is 5.73 Å². The molecule has 1 aromatic heterocycles. The van der Waals surface area contributed by atoms with E-state index in [1.54, 1.807) is 18.2 Å². The molecule has 1 heterocycles. The third-order valence-electron chi connectivity index (χ3n) is 2.12. The number of H-pyrrole nitrogens is 1. The van der Waals surface area contributed by atoms with Crippen molar-refractivity contribution in [3.05, 3.63) is 35.9 Å². The van der Waals surface area contributed by atoms with Crippen molar-refractivity contribution >= 4 is 40.6 Å². The zero-order valence-corrected chi connectivity index (χ0v) is 10.3. The fraction of sp³-hybridized carbons (Fsp3) is 0.100. The van der Waals surface area contributed by atoms with E-state index in [0.29, 0.717) is 11.4 Å². The number of anilines is 1. The number of halogens is 3. The normalized spacial score (nSPS) is 11.7. The number of nitrogen functional groups attached to an aromatic ring is 1. The van der Waals surface area contributed by atoms with E-state index in [0.717, 1.165) is 11.3 Å². The van der Waals surface area contributed by atoms with Gasteiger partial charge in [0.05, 0.1) is 5.69 Å². The number of benzene rings is 1. The molecule has 0 saturated carbocycles. The number of aromatic nitrogens is 2. The summed E-state index contributed by atoms with van der Waals surface area (Å²) in [6.07, 6.45) is 0. The third-order valence-corrected chi connectivity index (χ3v) is 2.78. The summed E-state index contributed by atoms with van der Waals surface area (Å²) in [6, 6.07) is 8.91. The lowest BCUT2D eigenvalue weighted by molar-refractivity contribution is 1.10. The summed E-state index contributed by atoms with van der Waals surface area (Å²) in [6.45, 7) is 0. The first-order valence-corrected chi connectivity index (χ1v) is 5.59. The van der Waals surface area contributed by atoms with E-state index in [1.807, 2.05) is 12.1 Å². The van der Waals surface area contributed by atoms with Crippen LogP contribution in [0.2, 0.25) is 0 Å². The summed E-state index contributed by atoms with van der Waals surface area (Å²) in [5.74, 6) is 0.445. The lowest BCUT2D eigenvalue weighted by Gasteiger charge is -2.11. The summed E-state index contributed by atoms with van der Waals surface area (Å²) in [4.78, 5) is 0. The van der Waals surface area contributed by atoms with Crippen molar-refractivity contribution in [2.75, 3.05) is 5.73 Å². The molecule has 0 radical (unpaired) electrons. The van der Waals surface area contributed by atoms with Crippen molar-refractivity contribution in [3.8, 4) is 11.3 Å². The molecule has 0 unspecified atom stereocenters. The van der Waals surface area contributed by atoms with Gasteiger partial charge in [-0.05, 0) is 5.56 Å². The van der Waals surface area contributed by atoms with Crippen molar-refractivity contribution in [2.24, 2.45) is 0 Å². The highest BCUT2D eigenvalue weighted by molar-refractivity contribution is 6.66. The van der Waals surface area contributed by atoms with Crippen LogP contribution >= 0.6 is 34.8 Å². The highest BCUT2D eigenvalue weighted by atomic mass is 35.6. The van der Waals surface area contributed by atoms with Gasteiger partial charge in [0.2, 0.25) is 3.79 Å². The lowest BCUT2D eigenvalue weighted by Crippen LogP contribution is -1.98. The fourth-order valence-electron chi connectivity index (χ4n) is 1.32. The summed E-state index contributed by atoms with van der Waals surface area (Å²) in [5.41, 5.74) is 7.89. The van der Waals surface area contributed by atoms with Crippen LogP contribution in [0.3, 0.4) is 0 Å². The highest BCUT2D eigenvalue weighted by Crippen LogP contribution is 2.38. The monoisotopic (exact) mass is 275 g/mol. The molecule has 3 N–H and O–H groups in total. The molecule has 0 saturated heterocycles. The van der Waals surface area contributed by atoms with Gasteiger partial charge in [-0.15, -0.1) is 0 Å². The second-order valence-corrected chi connectivity index (χ2v) is 5.56. The first kappa shape index (κ1) is 11.6. The predicted molar refractivity (Wildman–Crippen MR) is 67.7 cm³/mol. The number of nitrogens with two attached hydrogens (primary N) is 1. The van der Waals surface area contributed by atoms with Gasteiger partial charge in [-0.3, -0.25) is 5.10 Å². The first-order valence-electron chi connectivity index (χ1n) is 4.45. The minimum absolute atomic E-state index is 0.445. The number of nitrogens with zero attached hydrogens (tertiary/aromatic N) is 1. The number of alkyl halides is 3. The molecule has 84 valence electrons. The molecule has 6 heteroatoms. The number of rotatable bonds is 1. The quantitative estimate of drug-likeness (QED) is 0.783. The maximum Gasteiger partial charge on any atom is 0.216 e. The molecular formula is C10H8Cl3N3. The SMILES string of the molecule is Nc1cc(-c2ccc(C(Cl)(Cl)Cl)cc2)[nH]n1. The molecule has 0 bridgehead atoms. The van der Waals surface area contributed by atoms with Crippen LogP contribution in [0.4, 0.5) is 5.82 Å². The van der Waals surface area contributed by atoms with E-state index in [4.69, 9.17) is 40.5 Å². The van der Waals surface area contributed by atoms with E-state index in [-0.39, 0.29) is 0 Å². The molecule has 2 rings (SSSR count). The number of hydrogen-bond acceptors (Lipinski definition) is 2. The van der Waals surface area contributed by atoms with Crippen molar-refractivity contribution in [2.45, 2.75) is 3.79 Å². The molecule has 0 aliphatic carbocycles. The van der Waals surface area contributed by atoms with Gasteiger partial charge in [0.15, 0.2) is 0 Å². The van der Waals surface area contributed by atoms with Crippen LogP contribution < -0.4 is 5.73 Å².